The molecule has 1 fully saturated rings. The van der Waals surface area contributed by atoms with Crippen LogP contribution in [0.5, 0.6) is 0 Å². The van der Waals surface area contributed by atoms with Crippen LogP contribution in [-0.4, -0.2) is 46.6 Å². The lowest BCUT2D eigenvalue weighted by Gasteiger charge is -2.24. The molecule has 0 amide bonds. The van der Waals surface area contributed by atoms with E-state index in [4.69, 9.17) is 0 Å². The normalized spacial score (nSPS) is 28.0. The molecule has 1 aromatic heterocycles. The zero-order valence-electron chi connectivity index (χ0n) is 11.2. The monoisotopic (exact) mass is 305 g/mol. The molecule has 3 unspecified atom stereocenters. The number of hydrogen-bond donors (Lipinski definition) is 2. The lowest BCUT2D eigenvalue weighted by Crippen LogP contribution is -2.27. The third-order valence-electron chi connectivity index (χ3n) is 4.47. The molecule has 3 heterocycles. The van der Waals surface area contributed by atoms with E-state index in [-0.39, 0.29) is 18.5 Å². The molecule has 21 heavy (non-hydrogen) atoms. The van der Waals surface area contributed by atoms with Crippen molar-refractivity contribution in [1.29, 1.82) is 0 Å². The van der Waals surface area contributed by atoms with Crippen molar-refractivity contribution in [2.45, 2.75) is 12.1 Å². The van der Waals surface area contributed by atoms with Gasteiger partial charge in [0.1, 0.15) is 0 Å². The molecular formula is C14H15N3O3S. The topological polar surface area (TPSA) is 75.4 Å². The highest BCUT2D eigenvalue weighted by Gasteiger charge is 2.43. The molecule has 0 saturated carbocycles. The second-order valence-corrected chi connectivity index (χ2v) is 6.60. The first-order valence-electron chi connectivity index (χ1n) is 6.85. The minimum atomic E-state index is -2.64. The van der Waals surface area contributed by atoms with Gasteiger partial charge in [-0.3, -0.25) is 0 Å². The highest BCUT2D eigenvalue weighted by molar-refractivity contribution is 7.69. The summed E-state index contributed by atoms with van der Waals surface area (Å²) < 4.78 is 25.7. The van der Waals surface area contributed by atoms with Crippen molar-refractivity contribution in [2.24, 2.45) is 5.92 Å². The van der Waals surface area contributed by atoms with E-state index >= 15 is 0 Å². The van der Waals surface area contributed by atoms with Crippen molar-refractivity contribution in [3.63, 3.8) is 0 Å². The summed E-state index contributed by atoms with van der Waals surface area (Å²) in [6, 6.07) is 7.97. The number of β-amino-alcohol motifs (C(OH)–C–C–N with tert-alkyl or cyclic N) is 1. The Balaban J connectivity index is 1.79. The van der Waals surface area contributed by atoms with Gasteiger partial charge in [-0.1, -0.05) is 24.3 Å². The van der Waals surface area contributed by atoms with Gasteiger partial charge in [0.15, 0.2) is 0 Å². The number of aliphatic hydroxyl groups excluding tert-OH is 1. The zero-order valence-corrected chi connectivity index (χ0v) is 12.1. The highest BCUT2D eigenvalue weighted by Crippen LogP contribution is 2.45. The van der Waals surface area contributed by atoms with E-state index in [9.17, 15) is 13.5 Å². The predicted molar refractivity (Wildman–Crippen MR) is 77.2 cm³/mol. The van der Waals surface area contributed by atoms with Gasteiger partial charge >= 0.3 is 0 Å². The van der Waals surface area contributed by atoms with Gasteiger partial charge in [-0.25, -0.2) is 17.7 Å². The van der Waals surface area contributed by atoms with Crippen molar-refractivity contribution in [3.8, 4) is 11.3 Å². The number of imidazole rings is 1. The second-order valence-electron chi connectivity index (χ2n) is 5.56. The summed E-state index contributed by atoms with van der Waals surface area (Å²) in [5.41, 5.74) is 3.26. The number of thiol groups is 1. The summed E-state index contributed by atoms with van der Waals surface area (Å²) in [5, 5.41) is 10.3. The Hall–Kier alpha value is -1.70. The Morgan fingerprint density at radius 2 is 2.05 bits per heavy atom. The molecule has 0 bridgehead atoms. The Bertz CT molecular complexity index is 762. The molecule has 6 nitrogen and oxygen atoms in total. The lowest BCUT2D eigenvalue weighted by atomic mass is 9.90. The second kappa shape index (κ2) is 4.66. The average molecular weight is 305 g/mol. The van der Waals surface area contributed by atoms with Crippen molar-refractivity contribution in [1.82, 2.24) is 13.9 Å². The third kappa shape index (κ3) is 1.85. The van der Waals surface area contributed by atoms with Crippen LogP contribution in [0.3, 0.4) is 0 Å². The number of nitrogens with zero attached hydrogens (tertiary/aromatic N) is 3. The van der Waals surface area contributed by atoms with Crippen LogP contribution in [0.2, 0.25) is 0 Å². The van der Waals surface area contributed by atoms with E-state index in [2.05, 4.69) is 4.98 Å². The van der Waals surface area contributed by atoms with Crippen LogP contribution < -0.4 is 0 Å². The zero-order chi connectivity index (χ0) is 14.6. The number of benzene rings is 1. The van der Waals surface area contributed by atoms with Crippen LogP contribution in [0.1, 0.15) is 11.6 Å². The summed E-state index contributed by atoms with van der Waals surface area (Å²) in [7, 11) is -2.64. The smallest absolute Gasteiger partial charge is 0.204 e. The summed E-state index contributed by atoms with van der Waals surface area (Å²) >= 11 is 0. The molecule has 1 aromatic carbocycles. The van der Waals surface area contributed by atoms with E-state index in [0.29, 0.717) is 6.54 Å². The van der Waals surface area contributed by atoms with Gasteiger partial charge in [0.05, 0.1) is 30.4 Å². The maximum Gasteiger partial charge on any atom is 0.204 e. The fourth-order valence-electron chi connectivity index (χ4n) is 3.54. The van der Waals surface area contributed by atoms with E-state index in [0.717, 1.165) is 16.8 Å². The molecule has 110 valence electrons. The van der Waals surface area contributed by atoms with Crippen LogP contribution in [0, 0.1) is 5.92 Å². The Morgan fingerprint density at radius 3 is 2.81 bits per heavy atom. The van der Waals surface area contributed by atoms with Crippen molar-refractivity contribution in [2.75, 3.05) is 13.1 Å². The maximum absolute atomic E-state index is 11.2. The summed E-state index contributed by atoms with van der Waals surface area (Å²) in [6.45, 7) is 0.516. The Morgan fingerprint density at radius 1 is 1.24 bits per heavy atom. The largest absolute Gasteiger partial charge is 0.391 e. The van der Waals surface area contributed by atoms with Crippen molar-refractivity contribution < 1.29 is 13.5 Å². The fraction of sp³-hybridized carbons (Fsp3) is 0.357. The average Bonchev–Trinajstić information content (AvgIpc) is 3.13. The van der Waals surface area contributed by atoms with Crippen molar-refractivity contribution >= 4 is 10.9 Å². The fourth-order valence-corrected chi connectivity index (χ4v) is 4.17. The van der Waals surface area contributed by atoms with E-state index in [1.165, 1.54) is 4.31 Å². The van der Waals surface area contributed by atoms with Gasteiger partial charge in [-0.2, -0.15) is 0 Å². The number of fused-ring (bicyclic) bond motifs is 3. The highest BCUT2D eigenvalue weighted by atomic mass is 32.2. The standard InChI is InChI=1S/C14H15N3O3S/c18-13-7-16(21(19)20)6-11(13)14-10-4-2-1-3-9(10)12-5-15-8-17(12)14/h1-5,8,11,13-14,18,21H,6-7H2. The van der Waals surface area contributed by atoms with Crippen LogP contribution in [0.25, 0.3) is 11.3 Å². The minimum absolute atomic E-state index is 0.0614. The predicted octanol–water partition coefficient (Wildman–Crippen LogP) is 0.272. The van der Waals surface area contributed by atoms with Gasteiger partial charge in [0, 0.05) is 24.6 Å². The molecule has 0 radical (unpaired) electrons. The van der Waals surface area contributed by atoms with Gasteiger partial charge in [0.25, 0.3) is 0 Å². The van der Waals surface area contributed by atoms with Gasteiger partial charge < -0.3 is 9.67 Å². The third-order valence-corrected chi connectivity index (χ3v) is 5.26. The SMILES string of the molecule is O=[SH](=O)N1CC(O)C(C2c3ccccc3-c3cncn32)C1. The Kier molecular flexibility index (Phi) is 2.88. The molecular weight excluding hydrogens is 290 g/mol. The number of rotatable bonds is 2. The number of aromatic nitrogens is 2. The van der Waals surface area contributed by atoms with Gasteiger partial charge in [-0.05, 0) is 5.56 Å². The van der Waals surface area contributed by atoms with Crippen LogP contribution in [0.4, 0.5) is 0 Å². The maximum atomic E-state index is 11.2. The van der Waals surface area contributed by atoms with Crippen LogP contribution in [-0.2, 0) is 10.9 Å². The van der Waals surface area contributed by atoms with Crippen LogP contribution in [0.15, 0.2) is 36.8 Å². The molecule has 0 spiro atoms. The number of hydrogen-bond acceptors (Lipinski definition) is 4. The summed E-state index contributed by atoms with van der Waals surface area (Å²) in [6.07, 6.45) is 2.91. The van der Waals surface area contributed by atoms with E-state index < -0.39 is 17.0 Å². The lowest BCUT2D eigenvalue weighted by molar-refractivity contribution is 0.126. The molecule has 1 saturated heterocycles. The summed E-state index contributed by atoms with van der Waals surface area (Å²) in [4.78, 5) is 4.19. The molecule has 3 atom stereocenters. The van der Waals surface area contributed by atoms with Gasteiger partial charge in [0.2, 0.25) is 10.9 Å². The molecule has 0 aliphatic carbocycles. The molecule has 2 aromatic rings. The quantitative estimate of drug-likeness (QED) is 0.781. The molecule has 2 aliphatic heterocycles. The van der Waals surface area contributed by atoms with Crippen molar-refractivity contribution in [3.05, 3.63) is 42.4 Å². The molecule has 4 rings (SSSR count). The minimum Gasteiger partial charge on any atom is -0.391 e. The van der Waals surface area contributed by atoms with Gasteiger partial charge in [-0.15, -0.1) is 0 Å². The Labute approximate surface area is 123 Å². The van der Waals surface area contributed by atoms with Crippen LogP contribution >= 0.6 is 0 Å². The molecule has 2 aliphatic rings. The first-order chi connectivity index (χ1) is 10.2. The van der Waals surface area contributed by atoms with E-state index in [1.807, 2.05) is 35.0 Å². The first kappa shape index (κ1) is 13.0. The first-order valence-corrected chi connectivity index (χ1v) is 7.98. The summed E-state index contributed by atoms with van der Waals surface area (Å²) in [5.74, 6) is -0.158. The number of aliphatic hydroxyl groups is 1. The molecule has 1 N–H and O–H groups in total. The molecule has 7 heteroatoms. The van der Waals surface area contributed by atoms with E-state index in [1.54, 1.807) is 6.33 Å².